The second kappa shape index (κ2) is 4.24. The van der Waals surface area contributed by atoms with Gasteiger partial charge in [-0.2, -0.15) is 18.3 Å². The smallest absolute Gasteiger partial charge is 0.241 e. The standard InChI is InChI=1S/C12H11F3N2/c1-9-7-16-17(8-11(9)12(13,14)15)10-5-3-2-4-6-10/h2-9H,1H3/t9-/m0/s1. The molecule has 1 aromatic rings. The number of para-hydroxylation sites is 1. The monoisotopic (exact) mass is 240 g/mol. The highest BCUT2D eigenvalue weighted by molar-refractivity contribution is 5.70. The Labute approximate surface area is 97.0 Å². The van der Waals surface area contributed by atoms with Crippen LogP contribution in [0.3, 0.4) is 0 Å². The molecule has 1 heterocycles. The minimum atomic E-state index is -4.32. The van der Waals surface area contributed by atoms with Gasteiger partial charge in [-0.1, -0.05) is 25.1 Å². The van der Waals surface area contributed by atoms with Crippen molar-refractivity contribution >= 4 is 11.9 Å². The number of allylic oxidation sites excluding steroid dienone is 1. The molecule has 0 bridgehead atoms. The molecule has 2 rings (SSSR count). The predicted octanol–water partition coefficient (Wildman–Crippen LogP) is 3.57. The van der Waals surface area contributed by atoms with Crippen LogP contribution < -0.4 is 5.01 Å². The average Bonchev–Trinajstić information content (AvgIpc) is 2.29. The summed E-state index contributed by atoms with van der Waals surface area (Å²) in [5, 5.41) is 5.22. The van der Waals surface area contributed by atoms with E-state index in [1.54, 1.807) is 30.3 Å². The quantitative estimate of drug-likeness (QED) is 0.732. The van der Waals surface area contributed by atoms with Crippen LogP contribution in [0.25, 0.3) is 0 Å². The Morgan fingerprint density at radius 1 is 1.18 bits per heavy atom. The largest absolute Gasteiger partial charge is 0.414 e. The number of nitrogens with zero attached hydrogens (tertiary/aromatic N) is 2. The molecule has 0 unspecified atom stereocenters. The van der Waals surface area contributed by atoms with E-state index in [4.69, 9.17) is 0 Å². The molecule has 2 nitrogen and oxygen atoms in total. The molecule has 17 heavy (non-hydrogen) atoms. The zero-order valence-corrected chi connectivity index (χ0v) is 9.15. The summed E-state index contributed by atoms with van der Waals surface area (Å²) in [6, 6.07) is 8.72. The van der Waals surface area contributed by atoms with Crippen LogP contribution in [0.4, 0.5) is 18.9 Å². The van der Waals surface area contributed by atoms with Gasteiger partial charge < -0.3 is 0 Å². The normalized spacial score (nSPS) is 20.4. The minimum Gasteiger partial charge on any atom is -0.241 e. The molecule has 0 saturated carbocycles. The summed E-state index contributed by atoms with van der Waals surface area (Å²) < 4.78 is 38.2. The molecule has 0 aromatic heterocycles. The maximum Gasteiger partial charge on any atom is 0.414 e. The third kappa shape index (κ3) is 2.49. The molecular weight excluding hydrogens is 229 g/mol. The molecule has 0 saturated heterocycles. The topological polar surface area (TPSA) is 15.6 Å². The molecule has 0 N–H and O–H groups in total. The molecule has 1 aliphatic heterocycles. The van der Waals surface area contributed by atoms with E-state index in [9.17, 15) is 13.2 Å². The maximum absolute atomic E-state index is 12.7. The Hall–Kier alpha value is -1.78. The second-order valence-corrected chi connectivity index (χ2v) is 3.82. The van der Waals surface area contributed by atoms with E-state index in [-0.39, 0.29) is 0 Å². The third-order valence-electron chi connectivity index (χ3n) is 2.51. The number of benzene rings is 1. The van der Waals surface area contributed by atoms with Gasteiger partial charge >= 0.3 is 6.18 Å². The number of halogens is 3. The van der Waals surface area contributed by atoms with Crippen molar-refractivity contribution in [3.05, 3.63) is 42.1 Å². The fourth-order valence-corrected chi connectivity index (χ4v) is 1.59. The zero-order valence-electron chi connectivity index (χ0n) is 9.15. The Morgan fingerprint density at radius 3 is 2.41 bits per heavy atom. The van der Waals surface area contributed by atoms with Crippen LogP contribution in [0.5, 0.6) is 0 Å². The average molecular weight is 240 g/mol. The van der Waals surface area contributed by atoms with Gasteiger partial charge in [-0.3, -0.25) is 0 Å². The first-order valence-corrected chi connectivity index (χ1v) is 5.16. The lowest BCUT2D eigenvalue weighted by Gasteiger charge is -2.25. The summed E-state index contributed by atoms with van der Waals surface area (Å²) in [6.45, 7) is 1.48. The number of anilines is 1. The molecule has 1 aromatic carbocycles. The molecule has 1 atom stereocenters. The molecule has 1 aliphatic rings. The van der Waals surface area contributed by atoms with Crippen LogP contribution in [-0.2, 0) is 0 Å². The van der Waals surface area contributed by atoms with E-state index in [0.29, 0.717) is 5.69 Å². The maximum atomic E-state index is 12.7. The van der Waals surface area contributed by atoms with Crippen molar-refractivity contribution in [3.63, 3.8) is 0 Å². The van der Waals surface area contributed by atoms with Gasteiger partial charge in [0.25, 0.3) is 0 Å². The van der Waals surface area contributed by atoms with Gasteiger partial charge in [-0.25, -0.2) is 5.01 Å². The Kier molecular flexibility index (Phi) is 2.92. The first-order valence-electron chi connectivity index (χ1n) is 5.16. The van der Waals surface area contributed by atoms with Gasteiger partial charge in [-0.05, 0) is 12.1 Å². The molecule has 0 radical (unpaired) electrons. The van der Waals surface area contributed by atoms with Gasteiger partial charge in [0, 0.05) is 18.3 Å². The Bertz CT molecular complexity index is 449. The highest BCUT2D eigenvalue weighted by Gasteiger charge is 2.38. The first-order chi connectivity index (χ1) is 7.98. The third-order valence-corrected chi connectivity index (χ3v) is 2.51. The highest BCUT2D eigenvalue weighted by Crippen LogP contribution is 2.34. The summed E-state index contributed by atoms with van der Waals surface area (Å²) in [5.41, 5.74) is 0.0220. The lowest BCUT2D eigenvalue weighted by molar-refractivity contribution is -0.0962. The minimum absolute atomic E-state index is 0.587. The molecule has 90 valence electrons. The lowest BCUT2D eigenvalue weighted by Crippen LogP contribution is -2.27. The molecule has 0 fully saturated rings. The van der Waals surface area contributed by atoms with Crippen molar-refractivity contribution in [2.24, 2.45) is 11.0 Å². The molecule has 0 amide bonds. The van der Waals surface area contributed by atoms with Gasteiger partial charge in [0.1, 0.15) is 0 Å². The van der Waals surface area contributed by atoms with E-state index in [2.05, 4.69) is 5.10 Å². The van der Waals surface area contributed by atoms with Crippen molar-refractivity contribution in [2.45, 2.75) is 13.1 Å². The van der Waals surface area contributed by atoms with Crippen molar-refractivity contribution < 1.29 is 13.2 Å². The Balaban J connectivity index is 2.33. The van der Waals surface area contributed by atoms with Crippen molar-refractivity contribution in [2.75, 3.05) is 5.01 Å². The lowest BCUT2D eigenvalue weighted by atomic mass is 10.0. The summed E-state index contributed by atoms with van der Waals surface area (Å²) in [4.78, 5) is 0. The fourth-order valence-electron chi connectivity index (χ4n) is 1.59. The highest BCUT2D eigenvalue weighted by atomic mass is 19.4. The second-order valence-electron chi connectivity index (χ2n) is 3.82. The Morgan fingerprint density at radius 2 is 1.82 bits per heavy atom. The summed E-state index contributed by atoms with van der Waals surface area (Å²) in [6.07, 6.45) is -1.98. The predicted molar refractivity (Wildman–Crippen MR) is 60.7 cm³/mol. The number of rotatable bonds is 1. The van der Waals surface area contributed by atoms with E-state index in [1.165, 1.54) is 18.1 Å². The van der Waals surface area contributed by atoms with Gasteiger partial charge in [0.05, 0.1) is 11.3 Å². The van der Waals surface area contributed by atoms with Crippen molar-refractivity contribution in [1.82, 2.24) is 0 Å². The molecule has 0 aliphatic carbocycles. The van der Waals surface area contributed by atoms with Crippen molar-refractivity contribution in [3.8, 4) is 0 Å². The van der Waals surface area contributed by atoms with Gasteiger partial charge in [-0.15, -0.1) is 0 Å². The van der Waals surface area contributed by atoms with E-state index < -0.39 is 17.7 Å². The summed E-state index contributed by atoms with van der Waals surface area (Å²) in [7, 11) is 0. The van der Waals surface area contributed by atoms with Crippen LogP contribution in [0.2, 0.25) is 0 Å². The van der Waals surface area contributed by atoms with Crippen LogP contribution in [0.15, 0.2) is 47.2 Å². The molecular formula is C12H11F3N2. The van der Waals surface area contributed by atoms with E-state index >= 15 is 0 Å². The van der Waals surface area contributed by atoms with Crippen molar-refractivity contribution in [1.29, 1.82) is 0 Å². The van der Waals surface area contributed by atoms with E-state index in [1.807, 2.05) is 0 Å². The van der Waals surface area contributed by atoms with E-state index in [0.717, 1.165) is 6.20 Å². The zero-order chi connectivity index (χ0) is 12.5. The summed E-state index contributed by atoms with van der Waals surface area (Å²) >= 11 is 0. The first kappa shape index (κ1) is 11.7. The molecule has 0 spiro atoms. The number of hydrogen-bond acceptors (Lipinski definition) is 2. The van der Waals surface area contributed by atoms with Crippen LogP contribution in [-0.4, -0.2) is 12.4 Å². The summed E-state index contributed by atoms with van der Waals surface area (Å²) in [5.74, 6) is -0.713. The van der Waals surface area contributed by atoms with Crippen LogP contribution >= 0.6 is 0 Å². The van der Waals surface area contributed by atoms with Gasteiger partial charge in [0.15, 0.2) is 0 Å². The number of alkyl halides is 3. The number of hydrazone groups is 1. The SMILES string of the molecule is C[C@H]1C=NN(c2ccccc2)C=C1C(F)(F)F. The van der Waals surface area contributed by atoms with Gasteiger partial charge in [0.2, 0.25) is 0 Å². The van der Waals surface area contributed by atoms with Crippen LogP contribution in [0.1, 0.15) is 6.92 Å². The number of hydrogen-bond donors (Lipinski definition) is 0. The fraction of sp³-hybridized carbons (Fsp3) is 0.250. The molecule has 5 heteroatoms. The van der Waals surface area contributed by atoms with Crippen LogP contribution in [0, 0.1) is 5.92 Å².